The second-order valence-corrected chi connectivity index (χ2v) is 34.3. The Morgan fingerprint density at radius 3 is 0.627 bits per heavy atom. The second-order valence-electron chi connectivity index (χ2n) is 34.3. The minimum absolute atomic E-state index is 0.627. The molecule has 0 unspecified atom stereocenters. The number of benzene rings is 21. The number of fused-ring (bicyclic) bond motifs is 4. The van der Waals surface area contributed by atoms with Crippen molar-refractivity contribution in [3.05, 3.63) is 514 Å². The monoisotopic (exact) mass is 1810 g/mol. The average Bonchev–Trinajstić information content (AvgIpc) is 0.756. The lowest BCUT2D eigenvalue weighted by Crippen LogP contribution is -2.00. The van der Waals surface area contributed by atoms with E-state index in [1.165, 1.54) is 48.8 Å². The molecule has 3 aromatic heterocycles. The van der Waals surface area contributed by atoms with Gasteiger partial charge in [-0.1, -0.05) is 449 Å². The predicted molar refractivity (Wildman–Crippen MR) is 576 cm³/mol. The molecule has 0 aliphatic rings. The van der Waals surface area contributed by atoms with Crippen LogP contribution in [-0.2, 0) is 0 Å². The highest BCUT2D eigenvalue weighted by molar-refractivity contribution is 6.12. The fourth-order valence-electron chi connectivity index (χ4n) is 18.5. The maximum atomic E-state index is 9.35. The summed E-state index contributed by atoms with van der Waals surface area (Å²) in [7, 11) is 0. The third-order valence-electron chi connectivity index (χ3n) is 25.6. The Morgan fingerprint density at radius 1 is 0.127 bits per heavy atom. The highest BCUT2D eigenvalue weighted by atomic mass is 15.1. The molecule has 0 aliphatic heterocycles. The average molecular weight is 1810 g/mol. The van der Waals surface area contributed by atoms with E-state index in [0.717, 1.165) is 133 Å². The first kappa shape index (κ1) is 87.5. The summed E-state index contributed by atoms with van der Waals surface area (Å²) in [6.07, 6.45) is 0. The van der Waals surface area contributed by atoms with E-state index < -0.39 is 0 Å². The Morgan fingerprint density at radius 2 is 0.324 bits per heavy atom. The lowest BCUT2D eigenvalue weighted by atomic mass is 9.86. The molecule has 142 heavy (non-hydrogen) atoms. The van der Waals surface area contributed by atoms with Crippen molar-refractivity contribution in [3.8, 4) is 210 Å². The summed E-state index contributed by atoms with van der Waals surface area (Å²) >= 11 is 0. The highest BCUT2D eigenvalue weighted by Crippen LogP contribution is 2.46. The Balaban J connectivity index is 0.000000123. The molecule has 0 atom stereocenters. The van der Waals surface area contributed by atoms with Crippen LogP contribution in [0.15, 0.2) is 497 Å². The summed E-state index contributed by atoms with van der Waals surface area (Å²) in [6, 6.07) is 176. The second kappa shape index (κ2) is 40.0. The fourth-order valence-corrected chi connectivity index (χ4v) is 18.5. The van der Waals surface area contributed by atoms with Gasteiger partial charge in [0.2, 0.25) is 0 Å². The molecule has 0 fully saturated rings. The zero-order valence-corrected chi connectivity index (χ0v) is 76.7. The third kappa shape index (κ3) is 18.4. The summed E-state index contributed by atoms with van der Waals surface area (Å²) in [5.41, 5.74) is 28.4. The molecule has 0 aliphatic carbocycles. The highest BCUT2D eigenvalue weighted by Gasteiger charge is 2.23. The molecular weight excluding hydrogens is 1730 g/mol. The molecular formula is C130H82N12. The molecule has 24 aromatic rings. The van der Waals surface area contributed by atoms with E-state index in [2.05, 4.69) is 261 Å². The first-order chi connectivity index (χ1) is 70.2. The van der Waals surface area contributed by atoms with Crippen molar-refractivity contribution in [3.63, 3.8) is 0 Å². The summed E-state index contributed by atoms with van der Waals surface area (Å²) in [5.74, 6) is 5.75. The third-order valence-corrected chi connectivity index (χ3v) is 25.6. The van der Waals surface area contributed by atoms with Crippen LogP contribution >= 0.6 is 0 Å². The van der Waals surface area contributed by atoms with Crippen LogP contribution in [0.5, 0.6) is 0 Å². The summed E-state index contributed by atoms with van der Waals surface area (Å²) in [4.78, 5) is 44.0. The zero-order chi connectivity index (χ0) is 95.4. The van der Waals surface area contributed by atoms with E-state index in [1.807, 2.05) is 255 Å². The van der Waals surface area contributed by atoms with E-state index in [-0.39, 0.29) is 0 Å². The molecule has 0 saturated heterocycles. The number of nitrogens with zero attached hydrogens (tertiary/aromatic N) is 12. The summed E-state index contributed by atoms with van der Waals surface area (Å²) < 4.78 is 0. The van der Waals surface area contributed by atoms with Gasteiger partial charge in [0.25, 0.3) is 0 Å². The molecule has 12 heteroatoms. The van der Waals surface area contributed by atoms with Gasteiger partial charge in [-0.2, -0.15) is 15.8 Å². The standard InChI is InChI=1S/C48H30N4.C44H28N4.C38H24N4/c49-31-32-19-21-34(22-20-32)39-29-30-43(42-18-10-9-17-41(39)42)44-28-27-33-11-7-8-16-40(33)45(44)35-23-25-38(26-24-35)48-51-46(36-12-3-1-4-13-36)50-47(52-48)37-14-5-2-6-15-37;45-29-30-21-23-31(24-22-30)38-25-26-39(41-20-8-7-19-40(38)41)36-17-9-15-34(27-36)35-16-10-18-37(28-35)44-47-42(32-11-3-1-4-12-32)46-43(48-44)33-13-5-2-6-14-33;39-25-26-15-17-27(18-16-26)32-23-24-33(35-14-8-7-13-34(32)35)28-19-21-31(22-20-28)38-41-36(29-9-3-1-4-10-29)40-37(42-38)30-11-5-2-6-12-30/h1-30H;1-28H;1-24H. The minimum atomic E-state index is 0.627. The molecule has 662 valence electrons. The maximum absolute atomic E-state index is 9.35. The first-order valence-corrected chi connectivity index (χ1v) is 46.9. The largest absolute Gasteiger partial charge is 0.208 e. The number of aromatic nitrogens is 9. The molecule has 12 nitrogen and oxygen atoms in total. The number of nitriles is 3. The van der Waals surface area contributed by atoms with Gasteiger partial charge in [0.05, 0.1) is 34.9 Å². The van der Waals surface area contributed by atoms with Gasteiger partial charge in [0, 0.05) is 50.1 Å². The number of hydrogen-bond donors (Lipinski definition) is 0. The van der Waals surface area contributed by atoms with Crippen LogP contribution in [0, 0.1) is 34.0 Å². The van der Waals surface area contributed by atoms with Crippen LogP contribution in [0.4, 0.5) is 0 Å². The van der Waals surface area contributed by atoms with Crippen LogP contribution in [0.25, 0.3) is 235 Å². The zero-order valence-electron chi connectivity index (χ0n) is 76.7. The van der Waals surface area contributed by atoms with Crippen molar-refractivity contribution < 1.29 is 0 Å². The molecule has 3 heterocycles. The first-order valence-electron chi connectivity index (χ1n) is 46.9. The van der Waals surface area contributed by atoms with Crippen molar-refractivity contribution >= 4 is 43.1 Å². The lowest BCUT2D eigenvalue weighted by Gasteiger charge is -2.18. The quantitative estimate of drug-likeness (QED) is 0.0840. The summed E-state index contributed by atoms with van der Waals surface area (Å²) in [6.45, 7) is 0. The molecule has 24 rings (SSSR count). The molecule has 0 spiro atoms. The molecule has 0 radical (unpaired) electrons. The van der Waals surface area contributed by atoms with E-state index >= 15 is 0 Å². The fraction of sp³-hybridized carbons (Fsp3) is 0. The van der Waals surface area contributed by atoms with Gasteiger partial charge in [-0.3, -0.25) is 0 Å². The Bertz CT molecular complexity index is 8750. The van der Waals surface area contributed by atoms with Crippen molar-refractivity contribution in [1.82, 2.24) is 44.9 Å². The molecule has 0 saturated carbocycles. The van der Waals surface area contributed by atoms with E-state index in [4.69, 9.17) is 44.9 Å². The van der Waals surface area contributed by atoms with Crippen LogP contribution in [0.1, 0.15) is 16.7 Å². The van der Waals surface area contributed by atoms with Gasteiger partial charge in [-0.15, -0.1) is 0 Å². The van der Waals surface area contributed by atoms with E-state index in [1.54, 1.807) is 0 Å². The molecule has 0 amide bonds. The van der Waals surface area contributed by atoms with Crippen molar-refractivity contribution in [2.75, 3.05) is 0 Å². The Labute approximate surface area is 822 Å². The Kier molecular flexibility index (Phi) is 24.6. The molecule has 0 bridgehead atoms. The maximum Gasteiger partial charge on any atom is 0.164 e. The predicted octanol–water partition coefficient (Wildman–Crippen LogP) is 32.2. The SMILES string of the molecule is N#Cc1ccc(-c2ccc(-c3ccc(-c4nc(-c5ccccc5)nc(-c5ccccc5)n4)cc3)c3ccccc23)cc1.N#Cc1ccc(-c2ccc(-c3ccc4ccccc4c3-c3ccc(-c4nc(-c5ccccc5)nc(-c5ccccc5)n4)cc3)c3ccccc23)cc1.N#Cc1ccc(-c2ccc(-c3cccc(-c4cccc(-c5nc(-c6ccccc6)nc(-c6ccccc6)n5)c4)c3)c3ccccc23)cc1. The van der Waals surface area contributed by atoms with E-state index in [9.17, 15) is 15.8 Å². The van der Waals surface area contributed by atoms with Gasteiger partial charge in [-0.25, -0.2) is 44.9 Å². The number of rotatable bonds is 17. The topological polar surface area (TPSA) is 187 Å². The lowest BCUT2D eigenvalue weighted by molar-refractivity contribution is 1.07. The summed E-state index contributed by atoms with van der Waals surface area (Å²) in [5, 5.41) is 37.2. The van der Waals surface area contributed by atoms with Gasteiger partial charge >= 0.3 is 0 Å². The van der Waals surface area contributed by atoms with Crippen LogP contribution in [0.3, 0.4) is 0 Å². The van der Waals surface area contributed by atoms with E-state index in [0.29, 0.717) is 69.1 Å². The van der Waals surface area contributed by atoms with Crippen LogP contribution in [0.2, 0.25) is 0 Å². The molecule has 21 aromatic carbocycles. The Hall–Kier alpha value is -19.8. The van der Waals surface area contributed by atoms with Crippen molar-refractivity contribution in [1.29, 1.82) is 15.8 Å². The van der Waals surface area contributed by atoms with Crippen LogP contribution < -0.4 is 0 Å². The van der Waals surface area contributed by atoms with Gasteiger partial charge in [0.15, 0.2) is 52.4 Å². The number of hydrogen-bond acceptors (Lipinski definition) is 12. The van der Waals surface area contributed by atoms with Gasteiger partial charge in [0.1, 0.15) is 0 Å². The smallest absolute Gasteiger partial charge is 0.164 e. The van der Waals surface area contributed by atoms with Gasteiger partial charge < -0.3 is 0 Å². The van der Waals surface area contributed by atoms with Crippen molar-refractivity contribution in [2.24, 2.45) is 0 Å². The van der Waals surface area contributed by atoms with Crippen LogP contribution in [-0.4, -0.2) is 44.9 Å². The normalized spacial score (nSPS) is 10.9. The van der Waals surface area contributed by atoms with Gasteiger partial charge in [-0.05, 0) is 181 Å². The minimum Gasteiger partial charge on any atom is -0.208 e. The van der Waals surface area contributed by atoms with Crippen molar-refractivity contribution in [2.45, 2.75) is 0 Å². The molecule has 0 N–H and O–H groups in total.